The van der Waals surface area contributed by atoms with Gasteiger partial charge in [0.2, 0.25) is 0 Å². The van der Waals surface area contributed by atoms with Gasteiger partial charge in [-0.15, -0.1) is 0 Å². The number of carboxylic acid groups (broad SMARTS) is 2. The summed E-state index contributed by atoms with van der Waals surface area (Å²) in [6.07, 6.45) is 4.03. The smallest absolute Gasteiger partial charge is 0.337 e. The monoisotopic (exact) mass is 718 g/mol. The van der Waals surface area contributed by atoms with Gasteiger partial charge in [0.25, 0.3) is 0 Å². The second-order valence-electron chi connectivity index (χ2n) is 15.8. The summed E-state index contributed by atoms with van der Waals surface area (Å²) in [7, 11) is 2.11. The molecule has 1 N–H and O–H groups in total. The van der Waals surface area contributed by atoms with Crippen LogP contribution in [0.15, 0.2) is 54.6 Å². The Kier molecular flexibility index (Phi) is 7.41. The van der Waals surface area contributed by atoms with Crippen LogP contribution < -0.4 is 25.2 Å². The van der Waals surface area contributed by atoms with Crippen LogP contribution in [0.25, 0.3) is 33.2 Å². The van der Waals surface area contributed by atoms with Crippen molar-refractivity contribution in [3.63, 3.8) is 0 Å². The fraction of sp³-hybridized carbons (Fsp3) is 0.302. The molecule has 6 nitrogen and oxygen atoms in total. The molecule has 1 aliphatic carbocycles. The maximum atomic E-state index is 13.3. The molecule has 2 heterocycles. The third kappa shape index (κ3) is 4.75. The molecule has 51 heavy (non-hydrogen) atoms. The predicted molar refractivity (Wildman–Crippen MR) is 203 cm³/mol. The number of nitrogens with zero attached hydrogens (tertiary/aromatic N) is 1. The molecule has 8 heteroatoms. The lowest BCUT2D eigenvalue weighted by atomic mass is 9.72. The fourth-order valence-corrected chi connectivity index (χ4v) is 9.98. The third-order valence-corrected chi connectivity index (χ3v) is 12.1. The van der Waals surface area contributed by atoms with Crippen LogP contribution in [0.1, 0.15) is 109 Å². The number of hydrogen-bond acceptors (Lipinski definition) is 5. The molecule has 0 saturated carbocycles. The van der Waals surface area contributed by atoms with Gasteiger partial charge in [0, 0.05) is 56.6 Å². The standard InChI is InChI=1S/C43H39Cl2NO5/c1-20-17-42(3,4)19-27-22-12-8-9-13-23(22)31-34(35-33(41(49)50)28(44)16-26(36(35)45)40(47)48)32-24-14-10-11-15-25(24)37-30(39(32)51-38(31)29(20)27)21(2)18-43(5,6)46(37)7/h8-16,19-21H,17-18H2,1-7H3,(H,47,48)(H,49,50)/p-1. The summed E-state index contributed by atoms with van der Waals surface area (Å²) in [6.45, 7) is 13.4. The summed E-state index contributed by atoms with van der Waals surface area (Å²) < 4.78 is 7.40. The molecular weight excluding hydrogens is 681 g/mol. The minimum Gasteiger partial charge on any atom is -0.545 e. The average Bonchev–Trinajstić information content (AvgIpc) is 3.05. The highest BCUT2D eigenvalue weighted by Crippen LogP contribution is 2.57. The van der Waals surface area contributed by atoms with Crippen molar-refractivity contribution in [3.8, 4) is 11.5 Å². The van der Waals surface area contributed by atoms with E-state index in [0.29, 0.717) is 27.9 Å². The number of hydrogen-bond donors (Lipinski definition) is 1. The number of anilines is 1. The Balaban J connectivity index is 1.74. The number of ether oxygens (including phenoxy) is 1. The average molecular weight is 720 g/mol. The number of carbonyl (C=O) groups is 2. The third-order valence-electron chi connectivity index (χ3n) is 11.4. The fourth-order valence-electron chi connectivity index (χ4n) is 9.38. The molecular formula is C43H38Cl2NO5-. The van der Waals surface area contributed by atoms with Crippen molar-refractivity contribution in [1.29, 1.82) is 0 Å². The van der Waals surface area contributed by atoms with Crippen LogP contribution in [0.3, 0.4) is 0 Å². The molecule has 0 bridgehead atoms. The van der Waals surface area contributed by atoms with Crippen molar-refractivity contribution in [2.75, 3.05) is 11.9 Å². The van der Waals surface area contributed by atoms with E-state index >= 15 is 0 Å². The topological polar surface area (TPSA) is 89.9 Å². The highest BCUT2D eigenvalue weighted by atomic mass is 35.5. The first-order chi connectivity index (χ1) is 24.0. The van der Waals surface area contributed by atoms with Gasteiger partial charge in [-0.1, -0.05) is 106 Å². The second-order valence-corrected chi connectivity index (χ2v) is 16.6. The molecule has 5 aromatic rings. The minimum atomic E-state index is -1.55. The van der Waals surface area contributed by atoms with Crippen molar-refractivity contribution >= 4 is 74.0 Å². The maximum Gasteiger partial charge on any atom is 0.337 e. The summed E-state index contributed by atoms with van der Waals surface area (Å²) in [5, 5.41) is 28.3. The normalized spacial score (nSPS) is 19.8. The van der Waals surface area contributed by atoms with Crippen molar-refractivity contribution in [1.82, 2.24) is 0 Å². The van der Waals surface area contributed by atoms with Gasteiger partial charge in [0.15, 0.2) is 0 Å². The molecule has 0 saturated heterocycles. The minimum absolute atomic E-state index is 0.0294. The summed E-state index contributed by atoms with van der Waals surface area (Å²) in [5.74, 6) is -1.50. The molecule has 0 fully saturated rings. The molecule has 0 radical (unpaired) electrons. The number of benzene rings is 5. The van der Waals surface area contributed by atoms with E-state index in [4.69, 9.17) is 27.9 Å². The molecule has 2 unspecified atom stereocenters. The summed E-state index contributed by atoms with van der Waals surface area (Å²) in [6, 6.07) is 17.2. The van der Waals surface area contributed by atoms with Gasteiger partial charge in [0.1, 0.15) is 11.5 Å². The highest BCUT2D eigenvalue weighted by Gasteiger charge is 2.42. The molecule has 0 aromatic heterocycles. The first-order valence-electron chi connectivity index (χ1n) is 17.3. The summed E-state index contributed by atoms with van der Waals surface area (Å²) in [4.78, 5) is 28.2. The number of fused-ring (bicyclic) bond motifs is 12. The van der Waals surface area contributed by atoms with Crippen molar-refractivity contribution < 1.29 is 24.5 Å². The van der Waals surface area contributed by atoms with Crippen LogP contribution >= 0.6 is 23.2 Å². The molecule has 3 aliphatic rings. The van der Waals surface area contributed by atoms with E-state index in [1.807, 2.05) is 36.4 Å². The Morgan fingerprint density at radius 2 is 1.47 bits per heavy atom. The largest absolute Gasteiger partial charge is 0.545 e. The van der Waals surface area contributed by atoms with Gasteiger partial charge >= 0.3 is 5.97 Å². The lowest BCUT2D eigenvalue weighted by Gasteiger charge is -2.47. The van der Waals surface area contributed by atoms with Gasteiger partial charge in [-0.05, 0) is 71.4 Å². The lowest BCUT2D eigenvalue weighted by Crippen LogP contribution is -2.46. The zero-order valence-corrected chi connectivity index (χ0v) is 31.1. The number of carbonyl (C=O) groups excluding carboxylic acids is 1. The van der Waals surface area contributed by atoms with Crippen molar-refractivity contribution in [2.24, 2.45) is 5.41 Å². The molecule has 2 aliphatic heterocycles. The Morgan fingerprint density at radius 1 is 0.863 bits per heavy atom. The SMILES string of the molecule is CC1CC(C)(C)N(C)c2c1c1c(c3ccccc23)C(c2c(Cl)c(C(=O)[O-])cc(Cl)c2C(=O)O)=c2c(c3c(c4ccccc24)=CC(C)(C)CC3C)O1. The molecule has 0 amide bonds. The van der Waals surface area contributed by atoms with Crippen LogP contribution in [0, 0.1) is 5.41 Å². The summed E-state index contributed by atoms with van der Waals surface area (Å²) >= 11 is 13.8. The van der Waals surface area contributed by atoms with Crippen molar-refractivity contribution in [3.05, 3.63) is 108 Å². The van der Waals surface area contributed by atoms with E-state index in [-0.39, 0.29) is 49.5 Å². The van der Waals surface area contributed by atoms with Gasteiger partial charge in [0.05, 0.1) is 27.3 Å². The van der Waals surface area contributed by atoms with Gasteiger partial charge in [-0.2, -0.15) is 0 Å². The van der Waals surface area contributed by atoms with Gasteiger partial charge in [-0.3, -0.25) is 0 Å². The van der Waals surface area contributed by atoms with E-state index < -0.39 is 11.9 Å². The first-order valence-corrected chi connectivity index (χ1v) is 18.1. The number of halogens is 2. The van der Waals surface area contributed by atoms with E-state index in [9.17, 15) is 19.8 Å². The van der Waals surface area contributed by atoms with Crippen LogP contribution in [0.2, 0.25) is 10.0 Å². The van der Waals surface area contributed by atoms with Gasteiger partial charge < -0.3 is 24.6 Å². The number of aromatic carboxylic acids is 2. The van der Waals surface area contributed by atoms with Gasteiger partial charge in [-0.25, -0.2) is 4.79 Å². The molecule has 5 aromatic carbocycles. The van der Waals surface area contributed by atoms with Crippen LogP contribution in [-0.2, 0) is 0 Å². The second kappa shape index (κ2) is 11.2. The van der Waals surface area contributed by atoms with Crippen molar-refractivity contribution in [2.45, 2.75) is 71.8 Å². The zero-order valence-electron chi connectivity index (χ0n) is 29.6. The Morgan fingerprint density at radius 3 is 2.12 bits per heavy atom. The molecule has 0 spiro atoms. The van der Waals surface area contributed by atoms with E-state index in [1.165, 1.54) is 0 Å². The van der Waals surface area contributed by atoms with E-state index in [1.54, 1.807) is 0 Å². The number of rotatable bonds is 3. The quantitative estimate of drug-likeness (QED) is 0.197. The Bertz CT molecular complexity index is 2550. The number of carboxylic acids is 2. The Labute approximate surface area is 306 Å². The van der Waals surface area contributed by atoms with E-state index in [0.717, 1.165) is 62.5 Å². The van der Waals surface area contributed by atoms with Crippen LogP contribution in [0.4, 0.5) is 5.69 Å². The predicted octanol–water partition coefficient (Wildman–Crippen LogP) is 8.75. The van der Waals surface area contributed by atoms with E-state index in [2.05, 4.69) is 71.7 Å². The van der Waals surface area contributed by atoms with Crippen LogP contribution in [-0.4, -0.2) is 29.6 Å². The zero-order chi connectivity index (χ0) is 36.5. The highest BCUT2D eigenvalue weighted by molar-refractivity contribution is 6.40. The maximum absolute atomic E-state index is 13.3. The molecule has 8 rings (SSSR count). The molecule has 260 valence electrons. The first kappa shape index (κ1) is 33.6. The lowest BCUT2D eigenvalue weighted by molar-refractivity contribution is -0.255. The molecule has 2 atom stereocenters. The Hall–Kier alpha value is -4.52. The summed E-state index contributed by atoms with van der Waals surface area (Å²) in [5.41, 5.74) is 3.35. The van der Waals surface area contributed by atoms with Crippen LogP contribution in [0.5, 0.6) is 11.5 Å².